The summed E-state index contributed by atoms with van der Waals surface area (Å²) >= 11 is 0. The number of ether oxygens (including phenoxy) is 1. The van der Waals surface area contributed by atoms with E-state index in [0.29, 0.717) is 11.4 Å². The first-order valence-electron chi connectivity index (χ1n) is 8.15. The first-order valence-corrected chi connectivity index (χ1v) is 8.15. The molecule has 4 aromatic rings. The fourth-order valence-corrected chi connectivity index (χ4v) is 2.64. The fourth-order valence-electron chi connectivity index (χ4n) is 2.64. The van der Waals surface area contributed by atoms with E-state index in [1.54, 1.807) is 29.5 Å². The largest absolute Gasteiger partial charge is 0.457 e. The summed E-state index contributed by atoms with van der Waals surface area (Å²) in [6.07, 6.45) is 6.72. The molecular formula is C20H16N4O2. The summed E-state index contributed by atoms with van der Waals surface area (Å²) in [5, 5.41) is 3.80. The molecule has 6 nitrogen and oxygen atoms in total. The summed E-state index contributed by atoms with van der Waals surface area (Å²) in [5.74, 6) is 1.32. The number of rotatable bonds is 5. The molecule has 6 heteroatoms. The number of nitrogens with one attached hydrogen (secondary N) is 1. The van der Waals surface area contributed by atoms with Crippen molar-refractivity contribution in [3.05, 3.63) is 79.5 Å². The second-order valence-electron chi connectivity index (χ2n) is 5.74. The smallest absolute Gasteiger partial charge is 0.244 e. The molecular weight excluding hydrogens is 328 g/mol. The summed E-state index contributed by atoms with van der Waals surface area (Å²) in [5.41, 5.74) is 1.59. The van der Waals surface area contributed by atoms with Gasteiger partial charge >= 0.3 is 0 Å². The van der Waals surface area contributed by atoms with Gasteiger partial charge in [-0.1, -0.05) is 12.1 Å². The van der Waals surface area contributed by atoms with Gasteiger partial charge in [0.25, 0.3) is 0 Å². The van der Waals surface area contributed by atoms with Gasteiger partial charge in [-0.25, -0.2) is 4.98 Å². The standard InChI is InChI=1S/C20H16N4O2/c25-20(13-24-12-11-21-14-24)23-15-5-7-16(8-6-15)26-19-9-10-22-18-4-2-1-3-17(18)19/h1-12,14H,13H2,(H,23,25). The van der Waals surface area contributed by atoms with Gasteiger partial charge in [-0.15, -0.1) is 0 Å². The number of anilines is 1. The van der Waals surface area contributed by atoms with Gasteiger partial charge in [-0.3, -0.25) is 9.78 Å². The minimum Gasteiger partial charge on any atom is -0.457 e. The van der Waals surface area contributed by atoms with Crippen molar-refractivity contribution in [2.75, 3.05) is 5.32 Å². The van der Waals surface area contributed by atoms with Crippen LogP contribution in [0.5, 0.6) is 11.5 Å². The molecule has 0 saturated carbocycles. The zero-order valence-electron chi connectivity index (χ0n) is 13.9. The highest BCUT2D eigenvalue weighted by molar-refractivity contribution is 5.90. The molecule has 0 fully saturated rings. The van der Waals surface area contributed by atoms with Crippen LogP contribution in [0.1, 0.15) is 0 Å². The highest BCUT2D eigenvalue weighted by Crippen LogP contribution is 2.29. The number of carbonyl (C=O) groups is 1. The van der Waals surface area contributed by atoms with Crippen LogP contribution in [0.2, 0.25) is 0 Å². The van der Waals surface area contributed by atoms with Crippen LogP contribution in [0.4, 0.5) is 5.69 Å². The summed E-state index contributed by atoms with van der Waals surface area (Å²) < 4.78 is 7.68. The Balaban J connectivity index is 1.45. The number of amides is 1. The maximum absolute atomic E-state index is 12.0. The molecule has 1 N–H and O–H groups in total. The molecule has 128 valence electrons. The average Bonchev–Trinajstić information content (AvgIpc) is 3.16. The number of benzene rings is 2. The van der Waals surface area contributed by atoms with Gasteiger partial charge in [0, 0.05) is 29.7 Å². The van der Waals surface area contributed by atoms with Crippen molar-refractivity contribution in [3.63, 3.8) is 0 Å². The Kier molecular flexibility index (Phi) is 4.30. The van der Waals surface area contributed by atoms with Gasteiger partial charge < -0.3 is 14.6 Å². The third kappa shape index (κ3) is 3.54. The van der Waals surface area contributed by atoms with Crippen LogP contribution in [0.25, 0.3) is 10.9 Å². The normalized spacial score (nSPS) is 10.6. The molecule has 2 aromatic carbocycles. The number of aromatic nitrogens is 3. The lowest BCUT2D eigenvalue weighted by molar-refractivity contribution is -0.116. The molecule has 4 rings (SSSR count). The molecule has 1 amide bonds. The van der Waals surface area contributed by atoms with E-state index >= 15 is 0 Å². The van der Waals surface area contributed by atoms with Gasteiger partial charge in [-0.2, -0.15) is 0 Å². The van der Waals surface area contributed by atoms with Crippen molar-refractivity contribution in [2.45, 2.75) is 6.54 Å². The number of nitrogens with zero attached hydrogens (tertiary/aromatic N) is 3. The third-order valence-corrected chi connectivity index (χ3v) is 3.86. The SMILES string of the molecule is O=C(Cn1ccnc1)Nc1ccc(Oc2ccnc3ccccc23)cc1. The molecule has 2 heterocycles. The molecule has 0 aliphatic rings. The number of imidazole rings is 1. The average molecular weight is 344 g/mol. The van der Waals surface area contributed by atoms with Crippen molar-refractivity contribution in [2.24, 2.45) is 0 Å². The Hall–Kier alpha value is -3.67. The summed E-state index contributed by atoms with van der Waals surface area (Å²) in [6, 6.07) is 16.9. The molecule has 0 unspecified atom stereocenters. The van der Waals surface area contributed by atoms with Crippen LogP contribution in [-0.4, -0.2) is 20.4 Å². The molecule has 0 bridgehead atoms. The molecule has 0 aliphatic carbocycles. The minimum atomic E-state index is -0.114. The van der Waals surface area contributed by atoms with E-state index in [9.17, 15) is 4.79 Å². The first-order chi connectivity index (χ1) is 12.8. The molecule has 0 saturated heterocycles. The van der Waals surface area contributed by atoms with E-state index in [2.05, 4.69) is 15.3 Å². The van der Waals surface area contributed by atoms with Gasteiger partial charge in [-0.05, 0) is 42.5 Å². The molecule has 0 atom stereocenters. The highest BCUT2D eigenvalue weighted by atomic mass is 16.5. The van der Waals surface area contributed by atoms with E-state index in [4.69, 9.17) is 4.74 Å². The Morgan fingerprint density at radius 3 is 2.69 bits per heavy atom. The number of hydrogen-bond acceptors (Lipinski definition) is 4. The Morgan fingerprint density at radius 1 is 1.04 bits per heavy atom. The fraction of sp³-hybridized carbons (Fsp3) is 0.0500. The Labute approximate surface area is 150 Å². The van der Waals surface area contributed by atoms with Crippen molar-refractivity contribution < 1.29 is 9.53 Å². The van der Waals surface area contributed by atoms with Crippen molar-refractivity contribution in [1.29, 1.82) is 0 Å². The van der Waals surface area contributed by atoms with E-state index < -0.39 is 0 Å². The predicted octanol–water partition coefficient (Wildman–Crippen LogP) is 3.86. The molecule has 0 spiro atoms. The van der Waals surface area contributed by atoms with Crippen LogP contribution in [-0.2, 0) is 11.3 Å². The Bertz CT molecular complexity index is 1020. The van der Waals surface area contributed by atoms with E-state index in [1.807, 2.05) is 54.6 Å². The van der Waals surface area contributed by atoms with Crippen LogP contribution in [0.3, 0.4) is 0 Å². The van der Waals surface area contributed by atoms with Crippen molar-refractivity contribution in [1.82, 2.24) is 14.5 Å². The van der Waals surface area contributed by atoms with Crippen molar-refractivity contribution in [3.8, 4) is 11.5 Å². The lowest BCUT2D eigenvalue weighted by Crippen LogP contribution is -2.17. The number of para-hydroxylation sites is 1. The van der Waals surface area contributed by atoms with Crippen LogP contribution in [0, 0.1) is 0 Å². The van der Waals surface area contributed by atoms with Crippen LogP contribution < -0.4 is 10.1 Å². The number of fused-ring (bicyclic) bond motifs is 1. The Morgan fingerprint density at radius 2 is 1.88 bits per heavy atom. The zero-order chi connectivity index (χ0) is 17.8. The van der Waals surface area contributed by atoms with E-state index in [1.165, 1.54) is 0 Å². The van der Waals surface area contributed by atoms with Gasteiger partial charge in [0.05, 0.1) is 11.8 Å². The van der Waals surface area contributed by atoms with Gasteiger partial charge in [0.1, 0.15) is 18.0 Å². The highest BCUT2D eigenvalue weighted by Gasteiger charge is 2.06. The molecule has 26 heavy (non-hydrogen) atoms. The van der Waals surface area contributed by atoms with Crippen LogP contribution >= 0.6 is 0 Å². The topological polar surface area (TPSA) is 69.0 Å². The monoisotopic (exact) mass is 344 g/mol. The second kappa shape index (κ2) is 7.06. The lowest BCUT2D eigenvalue weighted by atomic mass is 10.2. The minimum absolute atomic E-state index is 0.114. The maximum Gasteiger partial charge on any atom is 0.244 e. The lowest BCUT2D eigenvalue weighted by Gasteiger charge is -2.10. The maximum atomic E-state index is 12.0. The zero-order valence-corrected chi connectivity index (χ0v) is 13.9. The van der Waals surface area contributed by atoms with Gasteiger partial charge in [0.2, 0.25) is 5.91 Å². The first kappa shape index (κ1) is 15.8. The summed E-state index contributed by atoms with van der Waals surface area (Å²) in [6.45, 7) is 0.223. The predicted molar refractivity (Wildman–Crippen MR) is 99.1 cm³/mol. The number of hydrogen-bond donors (Lipinski definition) is 1. The quantitative estimate of drug-likeness (QED) is 0.597. The third-order valence-electron chi connectivity index (χ3n) is 3.86. The summed E-state index contributed by atoms with van der Waals surface area (Å²) in [4.78, 5) is 20.2. The van der Waals surface area contributed by atoms with Crippen molar-refractivity contribution >= 4 is 22.5 Å². The number of pyridine rings is 1. The second-order valence-corrected chi connectivity index (χ2v) is 5.74. The van der Waals surface area contributed by atoms with E-state index in [0.717, 1.165) is 16.7 Å². The molecule has 0 radical (unpaired) electrons. The molecule has 0 aliphatic heterocycles. The number of carbonyl (C=O) groups excluding carboxylic acids is 1. The molecule has 2 aromatic heterocycles. The van der Waals surface area contributed by atoms with Gasteiger partial charge in [0.15, 0.2) is 0 Å². The van der Waals surface area contributed by atoms with Crippen LogP contribution in [0.15, 0.2) is 79.5 Å². The van der Waals surface area contributed by atoms with E-state index in [-0.39, 0.29) is 12.5 Å². The summed E-state index contributed by atoms with van der Waals surface area (Å²) in [7, 11) is 0.